The summed E-state index contributed by atoms with van der Waals surface area (Å²) in [6.45, 7) is -0.234. The standard InChI is InChI=1S/C18H17ClN2O5/c1-25-17(23)12-4-2-11(3-5-12)9-21-16(22)10-26-18(24)14-8-13(19)6-7-15(14)20/h2-8H,9-10,20H2,1H3,(H,21,22). The molecule has 0 saturated carbocycles. The summed E-state index contributed by atoms with van der Waals surface area (Å²) in [5, 5.41) is 2.94. The van der Waals surface area contributed by atoms with Crippen LogP contribution in [0.2, 0.25) is 5.02 Å². The van der Waals surface area contributed by atoms with Crippen molar-refractivity contribution in [1.82, 2.24) is 5.32 Å². The van der Waals surface area contributed by atoms with Gasteiger partial charge in [-0.15, -0.1) is 0 Å². The number of methoxy groups -OCH3 is 1. The first-order valence-electron chi connectivity index (χ1n) is 7.57. The Labute approximate surface area is 155 Å². The van der Waals surface area contributed by atoms with E-state index in [9.17, 15) is 14.4 Å². The first kappa shape index (κ1) is 19.3. The van der Waals surface area contributed by atoms with Gasteiger partial charge in [0, 0.05) is 17.3 Å². The lowest BCUT2D eigenvalue weighted by atomic mass is 10.1. The maximum Gasteiger partial charge on any atom is 0.340 e. The van der Waals surface area contributed by atoms with Crippen LogP contribution in [0.3, 0.4) is 0 Å². The Balaban J connectivity index is 1.82. The lowest BCUT2D eigenvalue weighted by molar-refractivity contribution is -0.124. The Morgan fingerprint density at radius 3 is 2.42 bits per heavy atom. The monoisotopic (exact) mass is 376 g/mol. The third-order valence-corrected chi connectivity index (χ3v) is 3.67. The highest BCUT2D eigenvalue weighted by molar-refractivity contribution is 6.31. The summed E-state index contributed by atoms with van der Waals surface area (Å²) in [6.07, 6.45) is 0. The minimum Gasteiger partial charge on any atom is -0.465 e. The molecular formula is C18H17ClN2O5. The van der Waals surface area contributed by atoms with E-state index in [0.29, 0.717) is 10.6 Å². The number of amides is 1. The number of rotatable bonds is 6. The number of benzene rings is 2. The summed E-state index contributed by atoms with van der Waals surface area (Å²) in [5.41, 5.74) is 7.18. The van der Waals surface area contributed by atoms with Crippen LogP contribution in [0.15, 0.2) is 42.5 Å². The van der Waals surface area contributed by atoms with Crippen molar-refractivity contribution in [3.05, 3.63) is 64.2 Å². The van der Waals surface area contributed by atoms with Gasteiger partial charge in [0.25, 0.3) is 5.91 Å². The molecule has 2 rings (SSSR count). The summed E-state index contributed by atoms with van der Waals surface area (Å²) >= 11 is 5.81. The van der Waals surface area contributed by atoms with E-state index in [1.54, 1.807) is 30.3 Å². The molecule has 0 fully saturated rings. The van der Waals surface area contributed by atoms with Gasteiger partial charge in [-0.1, -0.05) is 23.7 Å². The van der Waals surface area contributed by atoms with Crippen LogP contribution in [0, 0.1) is 0 Å². The first-order chi connectivity index (χ1) is 12.4. The summed E-state index contributed by atoms with van der Waals surface area (Å²) in [7, 11) is 1.30. The van der Waals surface area contributed by atoms with Gasteiger partial charge in [0.05, 0.1) is 18.2 Å². The predicted molar refractivity (Wildman–Crippen MR) is 95.8 cm³/mol. The van der Waals surface area contributed by atoms with Gasteiger partial charge in [0.2, 0.25) is 0 Å². The van der Waals surface area contributed by atoms with Crippen LogP contribution >= 0.6 is 11.6 Å². The highest BCUT2D eigenvalue weighted by atomic mass is 35.5. The molecule has 1 amide bonds. The third-order valence-electron chi connectivity index (χ3n) is 3.43. The molecule has 26 heavy (non-hydrogen) atoms. The minimum atomic E-state index is -0.734. The fourth-order valence-electron chi connectivity index (χ4n) is 2.04. The number of nitrogens with two attached hydrogens (primary N) is 1. The predicted octanol–water partition coefficient (Wildman–Crippen LogP) is 2.18. The van der Waals surface area contributed by atoms with Crippen LogP contribution in [0.5, 0.6) is 0 Å². The SMILES string of the molecule is COC(=O)c1ccc(CNC(=O)COC(=O)c2cc(Cl)ccc2N)cc1. The van der Waals surface area contributed by atoms with Gasteiger partial charge >= 0.3 is 11.9 Å². The van der Waals surface area contributed by atoms with Gasteiger partial charge in [-0.3, -0.25) is 4.79 Å². The Morgan fingerprint density at radius 1 is 1.08 bits per heavy atom. The van der Waals surface area contributed by atoms with E-state index in [4.69, 9.17) is 22.1 Å². The van der Waals surface area contributed by atoms with E-state index in [2.05, 4.69) is 10.1 Å². The van der Waals surface area contributed by atoms with Crippen LogP contribution < -0.4 is 11.1 Å². The largest absolute Gasteiger partial charge is 0.465 e. The van der Waals surface area contributed by atoms with Crippen molar-refractivity contribution < 1.29 is 23.9 Å². The molecule has 0 aromatic heterocycles. The molecule has 3 N–H and O–H groups in total. The molecule has 136 valence electrons. The number of carbonyl (C=O) groups is 3. The number of carbonyl (C=O) groups excluding carboxylic acids is 3. The molecule has 0 spiro atoms. The number of esters is 2. The number of ether oxygens (including phenoxy) is 2. The van der Waals surface area contributed by atoms with E-state index < -0.39 is 24.5 Å². The maximum absolute atomic E-state index is 11.9. The summed E-state index contributed by atoms with van der Waals surface area (Å²) < 4.78 is 9.54. The molecule has 2 aromatic rings. The second-order valence-corrected chi connectivity index (χ2v) is 5.71. The van der Waals surface area contributed by atoms with Crippen LogP contribution in [0.1, 0.15) is 26.3 Å². The van der Waals surface area contributed by atoms with Crippen molar-refractivity contribution in [2.75, 3.05) is 19.5 Å². The third kappa shape index (κ3) is 5.22. The minimum absolute atomic E-state index is 0.101. The first-order valence-corrected chi connectivity index (χ1v) is 7.94. The lowest BCUT2D eigenvalue weighted by Gasteiger charge is -2.08. The van der Waals surface area contributed by atoms with Crippen molar-refractivity contribution in [2.45, 2.75) is 6.54 Å². The Hall–Kier alpha value is -3.06. The Bertz CT molecular complexity index is 821. The molecule has 0 aliphatic carbocycles. The highest BCUT2D eigenvalue weighted by Crippen LogP contribution is 2.18. The molecule has 2 aromatic carbocycles. The number of nitrogens with one attached hydrogen (secondary N) is 1. The second-order valence-electron chi connectivity index (χ2n) is 5.27. The van der Waals surface area contributed by atoms with Crippen LogP contribution in [-0.2, 0) is 20.8 Å². The fourth-order valence-corrected chi connectivity index (χ4v) is 2.21. The molecule has 8 heteroatoms. The van der Waals surface area contributed by atoms with Gasteiger partial charge in [0.15, 0.2) is 6.61 Å². The topological polar surface area (TPSA) is 108 Å². The van der Waals surface area contributed by atoms with Gasteiger partial charge in [-0.25, -0.2) is 9.59 Å². The van der Waals surface area contributed by atoms with Gasteiger partial charge < -0.3 is 20.5 Å². The summed E-state index contributed by atoms with van der Waals surface area (Å²) in [6, 6.07) is 11.0. The van der Waals surface area contributed by atoms with Crippen LogP contribution in [0.25, 0.3) is 0 Å². The van der Waals surface area contributed by atoms with Crippen LogP contribution in [-0.4, -0.2) is 31.6 Å². The number of hydrogen-bond acceptors (Lipinski definition) is 6. The average molecular weight is 377 g/mol. The van der Waals surface area contributed by atoms with E-state index in [1.807, 2.05) is 0 Å². The van der Waals surface area contributed by atoms with Gasteiger partial charge in [0.1, 0.15) is 0 Å². The molecule has 0 heterocycles. The zero-order valence-electron chi connectivity index (χ0n) is 14.0. The van der Waals surface area contributed by atoms with E-state index >= 15 is 0 Å². The summed E-state index contributed by atoms with van der Waals surface area (Å²) in [4.78, 5) is 35.1. The molecular weight excluding hydrogens is 360 g/mol. The average Bonchev–Trinajstić information content (AvgIpc) is 2.66. The molecule has 0 aliphatic heterocycles. The van der Waals surface area contributed by atoms with Crippen LogP contribution in [0.4, 0.5) is 5.69 Å². The van der Waals surface area contributed by atoms with E-state index in [1.165, 1.54) is 19.2 Å². The normalized spacial score (nSPS) is 10.1. The molecule has 7 nitrogen and oxygen atoms in total. The number of anilines is 1. The molecule has 0 saturated heterocycles. The van der Waals surface area contributed by atoms with Crippen molar-refractivity contribution in [2.24, 2.45) is 0 Å². The molecule has 0 bridgehead atoms. The quantitative estimate of drug-likeness (QED) is 0.591. The Kier molecular flexibility index (Phi) is 6.57. The van der Waals surface area contributed by atoms with Crippen molar-refractivity contribution in [3.63, 3.8) is 0 Å². The fraction of sp³-hybridized carbons (Fsp3) is 0.167. The smallest absolute Gasteiger partial charge is 0.340 e. The second kappa shape index (κ2) is 8.87. The highest BCUT2D eigenvalue weighted by Gasteiger charge is 2.14. The van der Waals surface area contributed by atoms with Crippen molar-refractivity contribution in [1.29, 1.82) is 0 Å². The zero-order chi connectivity index (χ0) is 19.1. The molecule has 0 unspecified atom stereocenters. The van der Waals surface area contributed by atoms with Crippen molar-refractivity contribution in [3.8, 4) is 0 Å². The van der Waals surface area contributed by atoms with Gasteiger partial charge in [-0.2, -0.15) is 0 Å². The molecule has 0 aliphatic rings. The van der Waals surface area contributed by atoms with Gasteiger partial charge in [-0.05, 0) is 35.9 Å². The summed E-state index contributed by atoms with van der Waals surface area (Å²) in [5.74, 6) is -1.65. The maximum atomic E-state index is 11.9. The number of halogens is 1. The van der Waals surface area contributed by atoms with E-state index in [-0.39, 0.29) is 17.8 Å². The molecule has 0 atom stereocenters. The van der Waals surface area contributed by atoms with E-state index in [0.717, 1.165) is 5.56 Å². The zero-order valence-corrected chi connectivity index (χ0v) is 14.7. The lowest BCUT2D eigenvalue weighted by Crippen LogP contribution is -2.28. The number of hydrogen-bond donors (Lipinski definition) is 2. The number of nitrogen functional groups attached to an aromatic ring is 1. The Morgan fingerprint density at radius 2 is 1.77 bits per heavy atom. The van der Waals surface area contributed by atoms with Crippen molar-refractivity contribution >= 4 is 35.1 Å². The molecule has 0 radical (unpaired) electrons.